The number of nitrogens with zero attached hydrogens (tertiary/aromatic N) is 1. The van der Waals surface area contributed by atoms with Crippen molar-refractivity contribution in [3.8, 4) is 0 Å². The average molecular weight is 233 g/mol. The van der Waals surface area contributed by atoms with Crippen LogP contribution in [0.4, 0.5) is 5.69 Å². The normalized spacial score (nSPS) is 10.0. The van der Waals surface area contributed by atoms with Gasteiger partial charge in [0.2, 0.25) is 0 Å². The van der Waals surface area contributed by atoms with Crippen LogP contribution >= 0.6 is 11.3 Å². The quantitative estimate of drug-likeness (QED) is 0.847. The molecule has 0 fully saturated rings. The lowest BCUT2D eigenvalue weighted by Crippen LogP contribution is -2.23. The Balaban J connectivity index is 1.95. The average Bonchev–Trinajstić information content (AvgIpc) is 2.80. The molecule has 5 heteroatoms. The molecule has 0 radical (unpaired) electrons. The number of carbonyl (C=O) groups excluding carboxylic acids is 1. The monoisotopic (exact) mass is 233 g/mol. The van der Waals surface area contributed by atoms with Gasteiger partial charge in [0, 0.05) is 4.88 Å². The maximum Gasteiger partial charge on any atom is 0.270 e. The van der Waals surface area contributed by atoms with E-state index in [2.05, 4.69) is 10.3 Å². The molecule has 82 valence electrons. The summed E-state index contributed by atoms with van der Waals surface area (Å²) in [4.78, 5) is 16.7. The van der Waals surface area contributed by atoms with Crippen molar-refractivity contribution in [2.45, 2.75) is 6.54 Å². The number of hydrogen-bond donors (Lipinski definition) is 2. The summed E-state index contributed by atoms with van der Waals surface area (Å²) in [5, 5.41) is 4.76. The van der Waals surface area contributed by atoms with Gasteiger partial charge in [-0.05, 0) is 23.6 Å². The number of nitrogens with two attached hydrogens (primary N) is 1. The molecule has 0 saturated carbocycles. The molecule has 0 aliphatic rings. The van der Waals surface area contributed by atoms with Gasteiger partial charge in [-0.15, -0.1) is 11.3 Å². The molecule has 2 rings (SSSR count). The summed E-state index contributed by atoms with van der Waals surface area (Å²) in [5.74, 6) is -0.187. The minimum atomic E-state index is -0.187. The Bertz CT molecular complexity index is 464. The number of nitrogens with one attached hydrogen (secondary N) is 1. The molecule has 2 aromatic rings. The smallest absolute Gasteiger partial charge is 0.270 e. The summed E-state index contributed by atoms with van der Waals surface area (Å²) in [6, 6.07) is 7.20. The van der Waals surface area contributed by atoms with E-state index in [1.807, 2.05) is 17.5 Å². The first-order valence-electron chi connectivity index (χ1n) is 4.78. The van der Waals surface area contributed by atoms with Crippen molar-refractivity contribution in [3.63, 3.8) is 0 Å². The third-order valence-corrected chi connectivity index (χ3v) is 2.90. The summed E-state index contributed by atoms with van der Waals surface area (Å²) in [6.45, 7) is 0.530. The van der Waals surface area contributed by atoms with Crippen LogP contribution in [0.2, 0.25) is 0 Å². The fourth-order valence-electron chi connectivity index (χ4n) is 1.21. The van der Waals surface area contributed by atoms with Crippen molar-refractivity contribution in [3.05, 3.63) is 46.4 Å². The Morgan fingerprint density at radius 1 is 1.44 bits per heavy atom. The van der Waals surface area contributed by atoms with E-state index in [4.69, 9.17) is 5.73 Å². The van der Waals surface area contributed by atoms with Gasteiger partial charge < -0.3 is 11.1 Å². The lowest BCUT2D eigenvalue weighted by atomic mass is 10.3. The zero-order valence-electron chi connectivity index (χ0n) is 8.51. The first kappa shape index (κ1) is 10.6. The van der Waals surface area contributed by atoms with Crippen LogP contribution in [0.25, 0.3) is 0 Å². The molecule has 0 aliphatic heterocycles. The van der Waals surface area contributed by atoms with E-state index < -0.39 is 0 Å². The van der Waals surface area contributed by atoms with Crippen LogP contribution in [0.1, 0.15) is 15.4 Å². The summed E-state index contributed by atoms with van der Waals surface area (Å²) in [5.41, 5.74) is 6.42. The Morgan fingerprint density at radius 3 is 2.94 bits per heavy atom. The molecule has 4 nitrogen and oxygen atoms in total. The van der Waals surface area contributed by atoms with Gasteiger partial charge in [-0.25, -0.2) is 4.98 Å². The Kier molecular flexibility index (Phi) is 3.16. The Hall–Kier alpha value is -1.88. The van der Waals surface area contributed by atoms with Crippen molar-refractivity contribution in [2.75, 3.05) is 5.73 Å². The minimum absolute atomic E-state index is 0.187. The molecule has 0 aromatic carbocycles. The van der Waals surface area contributed by atoms with Gasteiger partial charge in [0.05, 0.1) is 18.4 Å². The standard InChI is InChI=1S/C11H11N3OS/c12-8-3-4-10(13-6-8)11(15)14-7-9-2-1-5-16-9/h1-6H,7,12H2,(H,14,15). The number of carbonyl (C=O) groups is 1. The minimum Gasteiger partial charge on any atom is -0.397 e. The second-order valence-electron chi connectivity index (χ2n) is 3.24. The first-order chi connectivity index (χ1) is 7.75. The van der Waals surface area contributed by atoms with E-state index in [0.717, 1.165) is 4.88 Å². The highest BCUT2D eigenvalue weighted by molar-refractivity contribution is 7.09. The van der Waals surface area contributed by atoms with Crippen LogP contribution in [-0.4, -0.2) is 10.9 Å². The summed E-state index contributed by atoms with van der Waals surface area (Å²) < 4.78 is 0. The summed E-state index contributed by atoms with van der Waals surface area (Å²) >= 11 is 1.61. The Morgan fingerprint density at radius 2 is 2.31 bits per heavy atom. The highest BCUT2D eigenvalue weighted by atomic mass is 32.1. The fraction of sp³-hybridized carbons (Fsp3) is 0.0909. The van der Waals surface area contributed by atoms with Crippen LogP contribution < -0.4 is 11.1 Å². The SMILES string of the molecule is Nc1ccc(C(=O)NCc2cccs2)nc1. The van der Waals surface area contributed by atoms with Crippen LogP contribution in [0, 0.1) is 0 Å². The van der Waals surface area contributed by atoms with E-state index >= 15 is 0 Å². The van der Waals surface area contributed by atoms with E-state index in [1.54, 1.807) is 23.5 Å². The number of aromatic nitrogens is 1. The van der Waals surface area contributed by atoms with Crippen molar-refractivity contribution in [1.82, 2.24) is 10.3 Å². The van der Waals surface area contributed by atoms with E-state index in [1.165, 1.54) is 6.20 Å². The lowest BCUT2D eigenvalue weighted by molar-refractivity contribution is 0.0946. The highest BCUT2D eigenvalue weighted by Gasteiger charge is 2.06. The van der Waals surface area contributed by atoms with Gasteiger partial charge >= 0.3 is 0 Å². The number of hydrogen-bond acceptors (Lipinski definition) is 4. The molecule has 0 unspecified atom stereocenters. The third-order valence-electron chi connectivity index (χ3n) is 2.02. The maximum atomic E-state index is 11.6. The predicted molar refractivity (Wildman–Crippen MR) is 64.1 cm³/mol. The van der Waals surface area contributed by atoms with Crippen molar-refractivity contribution in [2.24, 2.45) is 0 Å². The van der Waals surface area contributed by atoms with E-state index in [9.17, 15) is 4.79 Å². The van der Waals surface area contributed by atoms with Crippen LogP contribution in [0.15, 0.2) is 35.8 Å². The topological polar surface area (TPSA) is 68.0 Å². The molecule has 0 bridgehead atoms. The summed E-state index contributed by atoms with van der Waals surface area (Å²) in [7, 11) is 0. The van der Waals surface area contributed by atoms with Gasteiger partial charge in [-0.3, -0.25) is 4.79 Å². The highest BCUT2D eigenvalue weighted by Crippen LogP contribution is 2.08. The van der Waals surface area contributed by atoms with Crippen molar-refractivity contribution >= 4 is 22.9 Å². The van der Waals surface area contributed by atoms with Crippen molar-refractivity contribution in [1.29, 1.82) is 0 Å². The van der Waals surface area contributed by atoms with Crippen LogP contribution in [0.5, 0.6) is 0 Å². The van der Waals surface area contributed by atoms with E-state index in [0.29, 0.717) is 17.9 Å². The fourth-order valence-corrected chi connectivity index (χ4v) is 1.86. The molecule has 2 heterocycles. The number of pyridine rings is 1. The summed E-state index contributed by atoms with van der Waals surface area (Å²) in [6.07, 6.45) is 1.47. The number of rotatable bonds is 3. The van der Waals surface area contributed by atoms with Crippen LogP contribution in [0.3, 0.4) is 0 Å². The molecule has 3 N–H and O–H groups in total. The second kappa shape index (κ2) is 4.76. The van der Waals surface area contributed by atoms with Gasteiger partial charge in [-0.2, -0.15) is 0 Å². The van der Waals surface area contributed by atoms with Gasteiger partial charge in [0.1, 0.15) is 5.69 Å². The zero-order chi connectivity index (χ0) is 11.4. The molecule has 0 aliphatic carbocycles. The number of nitrogen functional groups attached to an aromatic ring is 1. The van der Waals surface area contributed by atoms with Crippen molar-refractivity contribution < 1.29 is 4.79 Å². The molecule has 1 amide bonds. The maximum absolute atomic E-state index is 11.6. The molecule has 0 saturated heterocycles. The van der Waals surface area contributed by atoms with Gasteiger partial charge in [0.15, 0.2) is 0 Å². The molecule has 0 atom stereocenters. The van der Waals surface area contributed by atoms with Gasteiger partial charge in [-0.1, -0.05) is 6.07 Å². The Labute approximate surface area is 97.1 Å². The number of amides is 1. The van der Waals surface area contributed by atoms with Gasteiger partial charge in [0.25, 0.3) is 5.91 Å². The number of anilines is 1. The molecule has 16 heavy (non-hydrogen) atoms. The third kappa shape index (κ3) is 2.58. The number of thiophene rings is 1. The molecular formula is C11H11N3OS. The largest absolute Gasteiger partial charge is 0.397 e. The first-order valence-corrected chi connectivity index (χ1v) is 5.66. The molecular weight excluding hydrogens is 222 g/mol. The zero-order valence-corrected chi connectivity index (χ0v) is 9.33. The van der Waals surface area contributed by atoms with Crippen LogP contribution in [-0.2, 0) is 6.54 Å². The predicted octanol–water partition coefficient (Wildman–Crippen LogP) is 1.66. The molecule has 0 spiro atoms. The van der Waals surface area contributed by atoms with E-state index in [-0.39, 0.29) is 5.91 Å². The second-order valence-corrected chi connectivity index (χ2v) is 4.27. The lowest BCUT2D eigenvalue weighted by Gasteiger charge is -2.02. The molecule has 2 aromatic heterocycles.